The first-order valence-corrected chi connectivity index (χ1v) is 7.33. The number of nitrogen functional groups attached to an aromatic ring is 1. The molecule has 20 heavy (non-hydrogen) atoms. The molecule has 2 aromatic rings. The Morgan fingerprint density at radius 3 is 2.90 bits per heavy atom. The molecule has 4 heteroatoms. The van der Waals surface area contributed by atoms with Crippen LogP contribution in [-0.4, -0.2) is 42.1 Å². The summed E-state index contributed by atoms with van der Waals surface area (Å²) < 4.78 is 0. The van der Waals surface area contributed by atoms with Crippen LogP contribution in [0.2, 0.25) is 0 Å². The van der Waals surface area contributed by atoms with Crippen LogP contribution in [0.5, 0.6) is 0 Å². The molecule has 1 aliphatic heterocycles. The van der Waals surface area contributed by atoms with Crippen LogP contribution >= 0.6 is 0 Å². The number of pyridine rings is 1. The molecule has 106 valence electrons. The first-order chi connectivity index (χ1) is 9.70. The molecular weight excluding hydrogens is 248 g/mol. The van der Waals surface area contributed by atoms with Crippen molar-refractivity contribution in [2.24, 2.45) is 0 Å². The van der Waals surface area contributed by atoms with Gasteiger partial charge in [0.1, 0.15) is 0 Å². The number of anilines is 2. The largest absolute Gasteiger partial charge is 0.398 e. The predicted molar refractivity (Wildman–Crippen MR) is 85.1 cm³/mol. The van der Waals surface area contributed by atoms with Crippen LogP contribution in [-0.2, 0) is 0 Å². The molecule has 1 fully saturated rings. The van der Waals surface area contributed by atoms with Gasteiger partial charge in [0, 0.05) is 42.9 Å². The number of hydrogen-bond donors (Lipinski definition) is 1. The molecule has 0 aliphatic carbocycles. The third kappa shape index (κ3) is 2.20. The van der Waals surface area contributed by atoms with Gasteiger partial charge in [0.25, 0.3) is 0 Å². The smallest absolute Gasteiger partial charge is 0.0955 e. The van der Waals surface area contributed by atoms with Crippen molar-refractivity contribution < 1.29 is 0 Å². The summed E-state index contributed by atoms with van der Waals surface area (Å²) in [6.45, 7) is 8.85. The first-order valence-electron chi connectivity index (χ1n) is 7.33. The Morgan fingerprint density at radius 2 is 2.15 bits per heavy atom. The molecule has 0 bridgehead atoms. The van der Waals surface area contributed by atoms with Crippen LogP contribution in [0, 0.1) is 0 Å². The van der Waals surface area contributed by atoms with Gasteiger partial charge >= 0.3 is 0 Å². The van der Waals surface area contributed by atoms with E-state index < -0.39 is 0 Å². The van der Waals surface area contributed by atoms with Gasteiger partial charge in [0.05, 0.1) is 11.2 Å². The Bertz CT molecular complexity index is 610. The summed E-state index contributed by atoms with van der Waals surface area (Å²) in [6, 6.07) is 8.67. The summed E-state index contributed by atoms with van der Waals surface area (Å²) in [5, 5.41) is 1.05. The molecule has 1 atom stereocenters. The highest BCUT2D eigenvalue weighted by Gasteiger charge is 2.23. The van der Waals surface area contributed by atoms with E-state index in [0.29, 0.717) is 6.04 Å². The minimum absolute atomic E-state index is 0.574. The minimum Gasteiger partial charge on any atom is -0.398 e. The van der Waals surface area contributed by atoms with Crippen LogP contribution in [0.1, 0.15) is 13.8 Å². The van der Waals surface area contributed by atoms with Gasteiger partial charge in [-0.15, -0.1) is 0 Å². The van der Waals surface area contributed by atoms with Crippen molar-refractivity contribution in [3.8, 4) is 0 Å². The van der Waals surface area contributed by atoms with Crippen LogP contribution < -0.4 is 10.6 Å². The van der Waals surface area contributed by atoms with E-state index in [-0.39, 0.29) is 0 Å². The molecule has 2 N–H and O–H groups in total. The van der Waals surface area contributed by atoms with Crippen LogP contribution in [0.25, 0.3) is 10.9 Å². The molecule has 0 amide bonds. The molecular formula is C16H22N4. The number of benzene rings is 1. The van der Waals surface area contributed by atoms with Crippen molar-refractivity contribution in [1.82, 2.24) is 9.88 Å². The molecule has 1 aromatic heterocycles. The molecule has 0 radical (unpaired) electrons. The number of likely N-dealkylation sites (N-methyl/N-ethyl adjacent to an activating group) is 1. The van der Waals surface area contributed by atoms with Crippen molar-refractivity contribution in [1.29, 1.82) is 0 Å². The summed E-state index contributed by atoms with van der Waals surface area (Å²) in [4.78, 5) is 9.50. The molecule has 4 nitrogen and oxygen atoms in total. The van der Waals surface area contributed by atoms with Crippen LogP contribution in [0.3, 0.4) is 0 Å². The number of aromatic nitrogens is 1. The fourth-order valence-electron chi connectivity index (χ4n) is 3.12. The van der Waals surface area contributed by atoms with Crippen molar-refractivity contribution in [2.45, 2.75) is 19.9 Å². The van der Waals surface area contributed by atoms with E-state index in [9.17, 15) is 0 Å². The number of nitrogens with two attached hydrogens (primary N) is 1. The Morgan fingerprint density at radius 1 is 1.30 bits per heavy atom. The van der Waals surface area contributed by atoms with E-state index in [1.807, 2.05) is 24.4 Å². The fourth-order valence-corrected chi connectivity index (χ4v) is 3.12. The Kier molecular flexibility index (Phi) is 3.49. The Hall–Kier alpha value is -1.81. The Labute approximate surface area is 120 Å². The summed E-state index contributed by atoms with van der Waals surface area (Å²) in [6.07, 6.45) is 1.84. The van der Waals surface area contributed by atoms with Gasteiger partial charge < -0.3 is 10.6 Å². The standard InChI is InChI=1S/C16H22N4/c1-3-19-9-10-20(11-12(19)2)15-7-6-14(17)13-5-4-8-18-16(13)15/h4-8,12H,3,9-11,17H2,1-2H3. The van der Waals surface area contributed by atoms with Crippen molar-refractivity contribution in [3.63, 3.8) is 0 Å². The topological polar surface area (TPSA) is 45.4 Å². The van der Waals surface area contributed by atoms with Crippen molar-refractivity contribution in [2.75, 3.05) is 36.8 Å². The predicted octanol–water partition coefficient (Wildman–Crippen LogP) is 2.35. The van der Waals surface area contributed by atoms with E-state index in [0.717, 1.165) is 42.8 Å². The highest BCUT2D eigenvalue weighted by molar-refractivity contribution is 5.98. The van der Waals surface area contributed by atoms with E-state index >= 15 is 0 Å². The monoisotopic (exact) mass is 270 g/mol. The summed E-state index contributed by atoms with van der Waals surface area (Å²) in [5.74, 6) is 0. The van der Waals surface area contributed by atoms with Gasteiger partial charge in [0.2, 0.25) is 0 Å². The normalized spacial score (nSPS) is 20.5. The third-order valence-electron chi connectivity index (χ3n) is 4.29. The lowest BCUT2D eigenvalue weighted by Gasteiger charge is -2.40. The van der Waals surface area contributed by atoms with E-state index in [4.69, 9.17) is 5.73 Å². The van der Waals surface area contributed by atoms with Gasteiger partial charge in [-0.3, -0.25) is 9.88 Å². The fraction of sp³-hybridized carbons (Fsp3) is 0.438. The molecule has 1 aromatic carbocycles. The lowest BCUT2D eigenvalue weighted by Crippen LogP contribution is -2.51. The summed E-state index contributed by atoms with van der Waals surface area (Å²) in [7, 11) is 0. The van der Waals surface area contributed by atoms with E-state index in [1.54, 1.807) is 0 Å². The molecule has 0 saturated carbocycles. The Balaban J connectivity index is 1.97. The highest BCUT2D eigenvalue weighted by atomic mass is 15.3. The summed E-state index contributed by atoms with van der Waals surface area (Å²) >= 11 is 0. The van der Waals surface area contributed by atoms with Crippen LogP contribution in [0.4, 0.5) is 11.4 Å². The maximum Gasteiger partial charge on any atom is 0.0955 e. The molecule has 1 aliphatic rings. The molecule has 2 heterocycles. The van der Waals surface area contributed by atoms with Gasteiger partial charge in [-0.2, -0.15) is 0 Å². The second kappa shape index (κ2) is 5.29. The van der Waals surface area contributed by atoms with Gasteiger partial charge in [-0.25, -0.2) is 0 Å². The zero-order valence-electron chi connectivity index (χ0n) is 12.2. The lowest BCUT2D eigenvalue weighted by molar-refractivity contribution is 0.199. The number of hydrogen-bond acceptors (Lipinski definition) is 4. The third-order valence-corrected chi connectivity index (χ3v) is 4.29. The van der Waals surface area contributed by atoms with E-state index in [1.165, 1.54) is 5.69 Å². The number of piperazine rings is 1. The second-order valence-electron chi connectivity index (χ2n) is 5.50. The van der Waals surface area contributed by atoms with Gasteiger partial charge in [-0.1, -0.05) is 6.92 Å². The van der Waals surface area contributed by atoms with E-state index in [2.05, 4.69) is 34.7 Å². The number of nitrogens with zero attached hydrogens (tertiary/aromatic N) is 3. The van der Waals surface area contributed by atoms with Gasteiger partial charge in [0.15, 0.2) is 0 Å². The van der Waals surface area contributed by atoms with Crippen molar-refractivity contribution in [3.05, 3.63) is 30.5 Å². The number of rotatable bonds is 2. The molecule has 1 saturated heterocycles. The maximum absolute atomic E-state index is 6.06. The highest BCUT2D eigenvalue weighted by Crippen LogP contribution is 2.30. The quantitative estimate of drug-likeness (QED) is 0.851. The van der Waals surface area contributed by atoms with Crippen LogP contribution in [0.15, 0.2) is 30.5 Å². The summed E-state index contributed by atoms with van der Waals surface area (Å²) in [5.41, 5.74) is 9.09. The van der Waals surface area contributed by atoms with Crippen molar-refractivity contribution >= 4 is 22.3 Å². The first kappa shape index (κ1) is 13.2. The minimum atomic E-state index is 0.574. The zero-order chi connectivity index (χ0) is 14.1. The second-order valence-corrected chi connectivity index (χ2v) is 5.50. The molecule has 3 rings (SSSR count). The zero-order valence-corrected chi connectivity index (χ0v) is 12.2. The lowest BCUT2D eigenvalue weighted by atomic mass is 10.1. The SMILES string of the molecule is CCN1CCN(c2ccc(N)c3cccnc23)CC1C. The van der Waals surface area contributed by atoms with Gasteiger partial charge in [-0.05, 0) is 37.7 Å². The molecule has 1 unspecified atom stereocenters. The average molecular weight is 270 g/mol. The maximum atomic E-state index is 6.06. The number of fused-ring (bicyclic) bond motifs is 1. The molecule has 0 spiro atoms. The average Bonchev–Trinajstić information content (AvgIpc) is 2.48.